The first-order chi connectivity index (χ1) is 14.5. The van der Waals surface area contributed by atoms with Crippen LogP contribution < -0.4 is 5.32 Å². The number of amides is 1. The first-order valence-electron chi connectivity index (χ1n) is 10.2. The number of aliphatic hydroxyl groups is 1. The zero-order valence-corrected chi connectivity index (χ0v) is 18.0. The average molecular weight is 450 g/mol. The Hall–Kier alpha value is -2.47. The largest absolute Gasteiger partial charge is 0.509 e. The van der Waals surface area contributed by atoms with Crippen LogP contribution in [0.15, 0.2) is 42.2 Å². The molecule has 1 aliphatic carbocycles. The number of hydrogen-bond acceptors (Lipinski definition) is 2. The van der Waals surface area contributed by atoms with Gasteiger partial charge in [0.15, 0.2) is 0 Å². The molecule has 1 aliphatic heterocycles. The minimum atomic E-state index is -4.27. The van der Waals surface area contributed by atoms with Crippen molar-refractivity contribution in [2.75, 3.05) is 0 Å². The summed E-state index contributed by atoms with van der Waals surface area (Å²) >= 11 is 6.80. The second-order valence-corrected chi connectivity index (χ2v) is 8.89. The van der Waals surface area contributed by atoms with Crippen molar-refractivity contribution in [3.8, 4) is 11.1 Å². The van der Waals surface area contributed by atoms with Crippen molar-refractivity contribution >= 4 is 23.1 Å². The van der Waals surface area contributed by atoms with Crippen LogP contribution in [0.1, 0.15) is 42.4 Å². The number of carbonyl (C=O) groups is 1. The minimum Gasteiger partial charge on any atom is -0.509 e. The molecule has 2 aromatic rings. The summed E-state index contributed by atoms with van der Waals surface area (Å²) in [6, 6.07) is 11.4. The van der Waals surface area contributed by atoms with E-state index in [1.54, 1.807) is 0 Å². The summed E-state index contributed by atoms with van der Waals surface area (Å²) in [5.74, 6) is -2.12. The molecule has 1 saturated carbocycles. The molecule has 164 valence electrons. The Bertz CT molecular complexity index is 1070. The van der Waals surface area contributed by atoms with Crippen molar-refractivity contribution in [1.82, 2.24) is 5.32 Å². The molecule has 2 aromatic carbocycles. The fraction of sp³-hybridized carbons (Fsp3) is 0.375. The number of hydrogen-bond donors (Lipinski definition) is 2. The first kappa shape index (κ1) is 21.8. The van der Waals surface area contributed by atoms with Gasteiger partial charge in [0, 0.05) is 11.1 Å². The Balaban J connectivity index is 1.80. The lowest BCUT2D eigenvalue weighted by Gasteiger charge is -2.37. The van der Waals surface area contributed by atoms with Gasteiger partial charge in [0.1, 0.15) is 5.76 Å². The third-order valence-electron chi connectivity index (χ3n) is 6.55. The Morgan fingerprint density at radius 2 is 1.65 bits per heavy atom. The second-order valence-electron chi connectivity index (χ2n) is 8.52. The van der Waals surface area contributed by atoms with Gasteiger partial charge in [0.25, 0.3) is 5.91 Å². The van der Waals surface area contributed by atoms with Crippen LogP contribution >= 0.6 is 11.6 Å². The lowest BCUT2D eigenvalue weighted by molar-refractivity contribution is -0.184. The maximum atomic E-state index is 13.1. The number of benzene rings is 2. The molecular weight excluding hydrogens is 427 g/mol. The highest BCUT2D eigenvalue weighted by molar-refractivity contribution is 6.38. The van der Waals surface area contributed by atoms with Crippen LogP contribution in [0, 0.1) is 19.8 Å². The van der Waals surface area contributed by atoms with Gasteiger partial charge < -0.3 is 10.4 Å². The zero-order chi connectivity index (χ0) is 22.6. The standard InChI is InChI=1S/C24H23ClF3NO2/c1-13-12-14(2)18(20(25)17(13)15-6-4-3-5-7-15)19-21(30)23(29-22(19)31)10-8-16(9-11-23)24(26,27)28/h3-7,12,16,30H,8-11H2,1-2H3,(H,29,31). The third kappa shape index (κ3) is 3.61. The van der Waals surface area contributed by atoms with Crippen molar-refractivity contribution in [3.63, 3.8) is 0 Å². The predicted octanol–water partition coefficient (Wildman–Crippen LogP) is 6.51. The number of alkyl halides is 3. The van der Waals surface area contributed by atoms with Gasteiger partial charge >= 0.3 is 6.18 Å². The third-order valence-corrected chi connectivity index (χ3v) is 6.92. The molecule has 4 rings (SSSR count). The Labute approximate surface area is 183 Å². The van der Waals surface area contributed by atoms with E-state index in [0.29, 0.717) is 10.6 Å². The number of nitrogens with one attached hydrogen (secondary N) is 1. The van der Waals surface area contributed by atoms with Gasteiger partial charge in [0.05, 0.1) is 22.1 Å². The fourth-order valence-electron chi connectivity index (χ4n) is 4.92. The van der Waals surface area contributed by atoms with E-state index in [1.807, 2.05) is 50.2 Å². The molecule has 0 bridgehead atoms. The maximum absolute atomic E-state index is 13.1. The predicted molar refractivity (Wildman–Crippen MR) is 115 cm³/mol. The van der Waals surface area contributed by atoms with Crippen LogP contribution in [-0.2, 0) is 4.79 Å². The molecular formula is C24H23ClF3NO2. The van der Waals surface area contributed by atoms with Gasteiger partial charge in [-0.2, -0.15) is 13.2 Å². The maximum Gasteiger partial charge on any atom is 0.391 e. The molecule has 2 aliphatic rings. The molecule has 1 fully saturated rings. The highest BCUT2D eigenvalue weighted by atomic mass is 35.5. The van der Waals surface area contributed by atoms with Gasteiger partial charge in [0.2, 0.25) is 0 Å². The van der Waals surface area contributed by atoms with Crippen molar-refractivity contribution in [2.24, 2.45) is 5.92 Å². The van der Waals surface area contributed by atoms with E-state index in [4.69, 9.17) is 11.6 Å². The summed E-state index contributed by atoms with van der Waals surface area (Å²) in [5.41, 5.74) is 2.61. The summed E-state index contributed by atoms with van der Waals surface area (Å²) < 4.78 is 39.3. The van der Waals surface area contributed by atoms with Gasteiger partial charge in [-0.15, -0.1) is 0 Å². The van der Waals surface area contributed by atoms with E-state index < -0.39 is 23.5 Å². The average Bonchev–Trinajstić information content (AvgIpc) is 2.92. The molecule has 1 spiro atoms. The van der Waals surface area contributed by atoms with E-state index in [0.717, 1.165) is 22.3 Å². The Morgan fingerprint density at radius 3 is 2.23 bits per heavy atom. The van der Waals surface area contributed by atoms with Crippen molar-refractivity contribution in [3.05, 3.63) is 63.9 Å². The topological polar surface area (TPSA) is 49.3 Å². The summed E-state index contributed by atoms with van der Waals surface area (Å²) in [5, 5.41) is 14.2. The molecule has 1 heterocycles. The van der Waals surface area contributed by atoms with Crippen LogP contribution in [0.25, 0.3) is 16.7 Å². The molecule has 7 heteroatoms. The fourth-order valence-corrected chi connectivity index (χ4v) is 5.43. The molecule has 0 atom stereocenters. The quantitative estimate of drug-likeness (QED) is 0.548. The van der Waals surface area contributed by atoms with Crippen molar-refractivity contribution in [2.45, 2.75) is 51.2 Å². The summed E-state index contributed by atoms with van der Waals surface area (Å²) in [4.78, 5) is 13.0. The summed E-state index contributed by atoms with van der Waals surface area (Å²) in [6.07, 6.45) is -4.49. The van der Waals surface area contributed by atoms with Crippen LogP contribution in [0.4, 0.5) is 13.2 Å². The van der Waals surface area contributed by atoms with Crippen LogP contribution in [-0.4, -0.2) is 22.7 Å². The highest BCUT2D eigenvalue weighted by Crippen LogP contribution is 2.49. The number of halogens is 4. The lowest BCUT2D eigenvalue weighted by atomic mass is 9.75. The van der Waals surface area contributed by atoms with Gasteiger partial charge in [-0.25, -0.2) is 0 Å². The molecule has 3 nitrogen and oxygen atoms in total. The minimum absolute atomic E-state index is 0.0340. The molecule has 1 amide bonds. The lowest BCUT2D eigenvalue weighted by Crippen LogP contribution is -2.48. The smallest absolute Gasteiger partial charge is 0.391 e. The molecule has 0 aromatic heterocycles. The van der Waals surface area contributed by atoms with Crippen LogP contribution in [0.2, 0.25) is 5.02 Å². The molecule has 0 saturated heterocycles. The second kappa shape index (κ2) is 7.59. The SMILES string of the molecule is Cc1cc(C)c(-c2ccccc2)c(Cl)c1C1=C(O)C2(CCC(C(F)(F)F)CC2)NC1=O. The van der Waals surface area contributed by atoms with Crippen molar-refractivity contribution < 1.29 is 23.1 Å². The molecule has 2 N–H and O–H groups in total. The van der Waals surface area contributed by atoms with Crippen molar-refractivity contribution in [1.29, 1.82) is 0 Å². The molecule has 0 unspecified atom stereocenters. The van der Waals surface area contributed by atoms with Gasteiger partial charge in [-0.3, -0.25) is 4.79 Å². The summed E-state index contributed by atoms with van der Waals surface area (Å²) in [7, 11) is 0. The normalized spacial score (nSPS) is 24.1. The summed E-state index contributed by atoms with van der Waals surface area (Å²) in [6.45, 7) is 3.73. The van der Waals surface area contributed by atoms with E-state index in [1.165, 1.54) is 0 Å². The number of rotatable bonds is 2. The Morgan fingerprint density at radius 1 is 1.06 bits per heavy atom. The monoisotopic (exact) mass is 449 g/mol. The highest BCUT2D eigenvalue weighted by Gasteiger charge is 2.52. The van der Waals surface area contributed by atoms with E-state index in [-0.39, 0.29) is 37.0 Å². The zero-order valence-electron chi connectivity index (χ0n) is 17.2. The molecule has 0 radical (unpaired) electrons. The number of carbonyl (C=O) groups excluding carboxylic acids is 1. The first-order valence-corrected chi connectivity index (χ1v) is 10.6. The van der Waals surface area contributed by atoms with E-state index in [9.17, 15) is 23.1 Å². The van der Waals surface area contributed by atoms with Gasteiger partial charge in [-0.1, -0.05) is 48.0 Å². The number of aryl methyl sites for hydroxylation is 2. The Kier molecular flexibility index (Phi) is 5.32. The molecule has 31 heavy (non-hydrogen) atoms. The van der Waals surface area contributed by atoms with Crippen LogP contribution in [0.3, 0.4) is 0 Å². The van der Waals surface area contributed by atoms with Gasteiger partial charge in [-0.05, 0) is 56.2 Å². The van der Waals surface area contributed by atoms with E-state index >= 15 is 0 Å². The number of aliphatic hydroxyl groups excluding tert-OH is 1. The van der Waals surface area contributed by atoms with E-state index in [2.05, 4.69) is 5.32 Å². The van der Waals surface area contributed by atoms with Crippen LogP contribution in [0.5, 0.6) is 0 Å².